The molecule has 0 atom stereocenters. The molecule has 5 heteroatoms. The molecule has 0 saturated heterocycles. The first-order valence-corrected chi connectivity index (χ1v) is 8.15. The number of fused-ring (bicyclic) bond motifs is 1. The Balaban J connectivity index is 1.55. The fourth-order valence-electron chi connectivity index (χ4n) is 2.59. The number of aryl methyl sites for hydroxylation is 3. The third kappa shape index (κ3) is 3.61. The molecule has 3 N–H and O–H groups in total. The van der Waals surface area contributed by atoms with Gasteiger partial charge in [-0.3, -0.25) is 4.79 Å². The van der Waals surface area contributed by atoms with Crippen LogP contribution >= 0.6 is 11.3 Å². The van der Waals surface area contributed by atoms with Crippen LogP contribution in [0.3, 0.4) is 0 Å². The molecule has 1 aromatic heterocycles. The molecule has 2 aromatic rings. The molecule has 0 fully saturated rings. The zero-order valence-electron chi connectivity index (χ0n) is 11.9. The summed E-state index contributed by atoms with van der Waals surface area (Å²) in [5, 5.41) is 3.67. The van der Waals surface area contributed by atoms with Crippen LogP contribution in [-0.2, 0) is 24.1 Å². The van der Waals surface area contributed by atoms with Crippen molar-refractivity contribution < 1.29 is 4.79 Å². The highest BCUT2D eigenvalue weighted by molar-refractivity contribution is 7.15. The molecule has 3 rings (SSSR count). The van der Waals surface area contributed by atoms with Crippen LogP contribution in [-0.4, -0.2) is 10.9 Å². The van der Waals surface area contributed by atoms with Gasteiger partial charge in [0.1, 0.15) is 0 Å². The van der Waals surface area contributed by atoms with E-state index in [1.807, 2.05) is 24.3 Å². The van der Waals surface area contributed by atoms with Crippen LogP contribution in [0.15, 0.2) is 24.3 Å². The highest BCUT2D eigenvalue weighted by atomic mass is 32.1. The monoisotopic (exact) mass is 301 g/mol. The summed E-state index contributed by atoms with van der Waals surface area (Å²) in [7, 11) is 0. The molecule has 0 bridgehead atoms. The lowest BCUT2D eigenvalue weighted by atomic mass is 10.0. The molecule has 0 spiro atoms. The van der Waals surface area contributed by atoms with Gasteiger partial charge in [-0.15, -0.1) is 11.3 Å². The number of aromatic nitrogens is 1. The molecule has 1 aliphatic rings. The summed E-state index contributed by atoms with van der Waals surface area (Å²) < 4.78 is 0. The predicted molar refractivity (Wildman–Crippen MR) is 86.6 cm³/mol. The molecular weight excluding hydrogens is 282 g/mol. The number of carbonyl (C=O) groups excluding carboxylic acids is 1. The first-order chi connectivity index (χ1) is 10.2. The molecule has 1 aromatic carbocycles. The molecular formula is C16H19N3OS. The zero-order chi connectivity index (χ0) is 14.7. The maximum absolute atomic E-state index is 12.0. The van der Waals surface area contributed by atoms with Gasteiger partial charge in [-0.05, 0) is 49.8 Å². The average molecular weight is 301 g/mol. The van der Waals surface area contributed by atoms with Gasteiger partial charge >= 0.3 is 0 Å². The van der Waals surface area contributed by atoms with Gasteiger partial charge in [-0.2, -0.15) is 0 Å². The molecule has 0 aliphatic heterocycles. The molecule has 4 nitrogen and oxygen atoms in total. The van der Waals surface area contributed by atoms with Crippen LogP contribution < -0.4 is 11.1 Å². The highest BCUT2D eigenvalue weighted by Gasteiger charge is 2.16. The number of nitrogens with zero attached hydrogens (tertiary/aromatic N) is 1. The topological polar surface area (TPSA) is 68.0 Å². The summed E-state index contributed by atoms with van der Waals surface area (Å²) >= 11 is 1.62. The minimum Gasteiger partial charge on any atom is -0.399 e. The van der Waals surface area contributed by atoms with Crippen molar-refractivity contribution in [3.05, 3.63) is 40.4 Å². The van der Waals surface area contributed by atoms with Crippen molar-refractivity contribution in [1.82, 2.24) is 4.98 Å². The average Bonchev–Trinajstić information content (AvgIpc) is 2.87. The van der Waals surface area contributed by atoms with E-state index in [2.05, 4.69) is 10.3 Å². The number of hydrogen-bond donors (Lipinski definition) is 2. The van der Waals surface area contributed by atoms with Crippen molar-refractivity contribution in [3.8, 4) is 0 Å². The van der Waals surface area contributed by atoms with Crippen molar-refractivity contribution in [3.63, 3.8) is 0 Å². The summed E-state index contributed by atoms with van der Waals surface area (Å²) in [5.41, 5.74) is 8.74. The molecule has 0 unspecified atom stereocenters. The van der Waals surface area contributed by atoms with E-state index in [0.29, 0.717) is 12.8 Å². The Kier molecular flexibility index (Phi) is 4.20. The van der Waals surface area contributed by atoms with E-state index >= 15 is 0 Å². The third-order valence-electron chi connectivity index (χ3n) is 3.68. The smallest absolute Gasteiger partial charge is 0.226 e. The van der Waals surface area contributed by atoms with Gasteiger partial charge < -0.3 is 11.1 Å². The van der Waals surface area contributed by atoms with Gasteiger partial charge in [0, 0.05) is 17.0 Å². The highest BCUT2D eigenvalue weighted by Crippen LogP contribution is 2.29. The molecule has 1 amide bonds. The number of carbonyl (C=O) groups is 1. The van der Waals surface area contributed by atoms with Crippen LogP contribution in [0, 0.1) is 0 Å². The Morgan fingerprint density at radius 2 is 2.19 bits per heavy atom. The van der Waals surface area contributed by atoms with Crippen molar-refractivity contribution >= 4 is 28.1 Å². The van der Waals surface area contributed by atoms with Gasteiger partial charge in [0.05, 0.1) is 5.69 Å². The standard InChI is InChI=1S/C16H19N3OS/c17-12-5-3-4-11(10-12)8-9-15(20)19-16-18-13-6-1-2-7-14(13)21-16/h3-5,10H,1-2,6-9,17H2,(H,18,19,20). The lowest BCUT2D eigenvalue weighted by molar-refractivity contribution is -0.116. The number of thiazole rings is 1. The second kappa shape index (κ2) is 6.26. The van der Waals surface area contributed by atoms with Crippen LogP contribution in [0.25, 0.3) is 0 Å². The number of nitrogens with one attached hydrogen (secondary N) is 1. The zero-order valence-corrected chi connectivity index (χ0v) is 12.7. The van der Waals surface area contributed by atoms with Crippen molar-refractivity contribution in [1.29, 1.82) is 0 Å². The van der Waals surface area contributed by atoms with Gasteiger partial charge in [0.2, 0.25) is 5.91 Å². The van der Waals surface area contributed by atoms with E-state index in [-0.39, 0.29) is 5.91 Å². The van der Waals surface area contributed by atoms with Gasteiger partial charge in [-0.25, -0.2) is 4.98 Å². The normalized spacial score (nSPS) is 13.7. The molecule has 0 saturated carbocycles. The first-order valence-electron chi connectivity index (χ1n) is 7.33. The predicted octanol–water partition coefficient (Wildman–Crippen LogP) is 3.18. The second-order valence-corrected chi connectivity index (χ2v) is 6.47. The van der Waals surface area contributed by atoms with Crippen LogP contribution in [0.5, 0.6) is 0 Å². The van der Waals surface area contributed by atoms with Crippen LogP contribution in [0.2, 0.25) is 0 Å². The number of hydrogen-bond acceptors (Lipinski definition) is 4. The molecule has 1 aliphatic carbocycles. The maximum atomic E-state index is 12.0. The largest absolute Gasteiger partial charge is 0.399 e. The van der Waals surface area contributed by atoms with E-state index in [9.17, 15) is 4.79 Å². The minimum atomic E-state index is 0.0171. The second-order valence-electron chi connectivity index (χ2n) is 5.39. The SMILES string of the molecule is Nc1cccc(CCC(=O)Nc2nc3c(s2)CCCC3)c1. The van der Waals surface area contributed by atoms with Gasteiger partial charge in [-0.1, -0.05) is 12.1 Å². The van der Waals surface area contributed by atoms with E-state index in [4.69, 9.17) is 5.73 Å². The Bertz CT molecular complexity index is 627. The summed E-state index contributed by atoms with van der Waals surface area (Å²) in [6, 6.07) is 7.67. The Morgan fingerprint density at radius 3 is 3.00 bits per heavy atom. The number of benzene rings is 1. The van der Waals surface area contributed by atoms with Crippen LogP contribution in [0.1, 0.15) is 35.4 Å². The molecule has 0 radical (unpaired) electrons. The van der Waals surface area contributed by atoms with E-state index in [1.54, 1.807) is 11.3 Å². The molecule has 110 valence electrons. The van der Waals surface area contributed by atoms with Crippen molar-refractivity contribution in [2.75, 3.05) is 11.1 Å². The number of nitrogens with two attached hydrogens (primary N) is 1. The number of anilines is 2. The summed E-state index contributed by atoms with van der Waals surface area (Å²) in [6.07, 6.45) is 5.74. The maximum Gasteiger partial charge on any atom is 0.226 e. The summed E-state index contributed by atoms with van der Waals surface area (Å²) in [5.74, 6) is 0.0171. The number of nitrogen functional groups attached to an aromatic ring is 1. The Hall–Kier alpha value is -1.88. The Morgan fingerprint density at radius 1 is 1.33 bits per heavy atom. The lowest BCUT2D eigenvalue weighted by Gasteiger charge is -2.06. The summed E-state index contributed by atoms with van der Waals surface area (Å²) in [6.45, 7) is 0. The third-order valence-corrected chi connectivity index (χ3v) is 4.76. The fourth-order valence-corrected chi connectivity index (χ4v) is 3.66. The lowest BCUT2D eigenvalue weighted by Crippen LogP contribution is -2.12. The number of rotatable bonds is 4. The van der Waals surface area contributed by atoms with Gasteiger partial charge in [0.25, 0.3) is 0 Å². The molecule has 1 heterocycles. The quantitative estimate of drug-likeness (QED) is 0.852. The van der Waals surface area contributed by atoms with E-state index < -0.39 is 0 Å². The fraction of sp³-hybridized carbons (Fsp3) is 0.375. The number of amides is 1. The summed E-state index contributed by atoms with van der Waals surface area (Å²) in [4.78, 5) is 17.9. The molecule has 21 heavy (non-hydrogen) atoms. The van der Waals surface area contributed by atoms with Crippen molar-refractivity contribution in [2.45, 2.75) is 38.5 Å². The van der Waals surface area contributed by atoms with Crippen LogP contribution in [0.4, 0.5) is 10.8 Å². The Labute approximate surface area is 128 Å². The first kappa shape index (κ1) is 14.1. The van der Waals surface area contributed by atoms with Gasteiger partial charge in [0.15, 0.2) is 5.13 Å². The minimum absolute atomic E-state index is 0.0171. The van der Waals surface area contributed by atoms with Crippen molar-refractivity contribution in [2.24, 2.45) is 0 Å². The van der Waals surface area contributed by atoms with E-state index in [0.717, 1.165) is 29.2 Å². The van der Waals surface area contributed by atoms with E-state index in [1.165, 1.54) is 23.4 Å².